The van der Waals surface area contributed by atoms with Gasteiger partial charge in [0.25, 0.3) is 0 Å². The minimum Gasteiger partial charge on any atom is -0.366 e. The number of benzene rings is 1. The molecule has 1 aromatic rings. The number of aliphatic hydroxyl groups excluding tert-OH is 1. The van der Waals surface area contributed by atoms with E-state index in [1.54, 1.807) is 24.3 Å². The second kappa shape index (κ2) is 8.90. The van der Waals surface area contributed by atoms with Crippen LogP contribution in [0, 0.1) is 5.92 Å². The highest BCUT2D eigenvalue weighted by Gasteiger charge is 2.32. The molecule has 0 aliphatic carbocycles. The maximum Gasteiger partial charge on any atom is 0.241 e. The molecule has 0 aromatic heterocycles. The largest absolute Gasteiger partial charge is 0.366 e. The summed E-state index contributed by atoms with van der Waals surface area (Å²) in [7, 11) is -3.86. The fourth-order valence-corrected chi connectivity index (χ4v) is 4.28. The van der Waals surface area contributed by atoms with E-state index >= 15 is 0 Å². The van der Waals surface area contributed by atoms with Gasteiger partial charge in [0.15, 0.2) is 6.29 Å². The monoisotopic (exact) mass is 412 g/mol. The van der Waals surface area contributed by atoms with Gasteiger partial charge in [0.2, 0.25) is 15.9 Å². The third kappa shape index (κ3) is 6.01. The zero-order chi connectivity index (χ0) is 21.1. The first-order valence-corrected chi connectivity index (χ1v) is 11.1. The Bertz CT molecular complexity index is 769. The second-order valence-electron chi connectivity index (χ2n) is 8.74. The smallest absolute Gasteiger partial charge is 0.241 e. The average molecular weight is 413 g/mol. The van der Waals surface area contributed by atoms with E-state index < -0.39 is 34.3 Å². The Balaban J connectivity index is 2.16. The van der Waals surface area contributed by atoms with Gasteiger partial charge in [-0.2, -0.15) is 4.72 Å². The fourth-order valence-electron chi connectivity index (χ4n) is 3.07. The molecule has 3 N–H and O–H groups in total. The normalized spacial score (nSPS) is 21.7. The number of rotatable bonds is 7. The molecule has 1 aliphatic rings. The van der Waals surface area contributed by atoms with E-state index in [1.807, 2.05) is 13.8 Å². The lowest BCUT2D eigenvalue weighted by Crippen LogP contribution is -2.51. The highest BCUT2D eigenvalue weighted by atomic mass is 32.2. The molecule has 0 saturated carbocycles. The number of aliphatic hydroxyl groups is 1. The molecule has 0 bridgehead atoms. The summed E-state index contributed by atoms with van der Waals surface area (Å²) in [6, 6.07) is 5.23. The van der Waals surface area contributed by atoms with Crippen molar-refractivity contribution in [3.63, 3.8) is 0 Å². The van der Waals surface area contributed by atoms with Gasteiger partial charge in [-0.3, -0.25) is 4.79 Å². The highest BCUT2D eigenvalue weighted by Crippen LogP contribution is 2.23. The number of carbonyl (C=O) groups excluding carboxylic acids is 1. The molecule has 1 amide bonds. The summed E-state index contributed by atoms with van der Waals surface area (Å²) < 4.78 is 33.2. The van der Waals surface area contributed by atoms with Crippen molar-refractivity contribution in [3.05, 3.63) is 29.8 Å². The quantitative estimate of drug-likeness (QED) is 0.634. The van der Waals surface area contributed by atoms with Gasteiger partial charge >= 0.3 is 0 Å². The average Bonchev–Trinajstić information content (AvgIpc) is 2.98. The maximum absolute atomic E-state index is 12.8. The Labute approximate surface area is 167 Å². The summed E-state index contributed by atoms with van der Waals surface area (Å²) in [6.07, 6.45) is -0.234. The molecular weight excluding hydrogens is 380 g/mol. The molecule has 3 atom stereocenters. The van der Waals surface area contributed by atoms with Gasteiger partial charge in [-0.25, -0.2) is 8.42 Å². The van der Waals surface area contributed by atoms with Gasteiger partial charge < -0.3 is 15.2 Å². The number of ether oxygens (including phenoxy) is 1. The molecule has 1 fully saturated rings. The minimum absolute atomic E-state index is 0.0834. The second-order valence-corrected chi connectivity index (χ2v) is 10.5. The first kappa shape index (κ1) is 22.8. The lowest BCUT2D eigenvalue weighted by Gasteiger charge is -2.23. The summed E-state index contributed by atoms with van der Waals surface area (Å²) in [4.78, 5) is 12.8. The number of sulfonamides is 1. The summed E-state index contributed by atoms with van der Waals surface area (Å²) in [5.41, 5.74) is 0.943. The summed E-state index contributed by atoms with van der Waals surface area (Å²) >= 11 is 0. The maximum atomic E-state index is 12.8. The molecule has 28 heavy (non-hydrogen) atoms. The highest BCUT2D eigenvalue weighted by molar-refractivity contribution is 7.89. The molecule has 2 rings (SSSR count). The van der Waals surface area contributed by atoms with E-state index in [4.69, 9.17) is 4.74 Å². The Kier molecular flexibility index (Phi) is 7.25. The molecule has 1 unspecified atom stereocenters. The van der Waals surface area contributed by atoms with Crippen molar-refractivity contribution in [1.29, 1.82) is 0 Å². The Hall–Kier alpha value is -1.48. The van der Waals surface area contributed by atoms with E-state index in [9.17, 15) is 18.3 Å². The van der Waals surface area contributed by atoms with Gasteiger partial charge in [0, 0.05) is 0 Å². The first-order chi connectivity index (χ1) is 12.9. The Morgan fingerprint density at radius 3 is 2.32 bits per heavy atom. The number of hydrogen-bond donors (Lipinski definition) is 3. The molecule has 0 spiro atoms. The van der Waals surface area contributed by atoms with Crippen LogP contribution in [0.5, 0.6) is 0 Å². The molecule has 7 nitrogen and oxygen atoms in total. The van der Waals surface area contributed by atoms with Gasteiger partial charge in [0.05, 0.1) is 17.5 Å². The van der Waals surface area contributed by atoms with Crippen molar-refractivity contribution in [2.75, 3.05) is 6.61 Å². The number of carbonyl (C=O) groups is 1. The van der Waals surface area contributed by atoms with Crippen molar-refractivity contribution in [2.45, 2.75) is 76.1 Å². The predicted octanol–water partition coefficient (Wildman–Crippen LogP) is 1.90. The van der Waals surface area contributed by atoms with E-state index in [-0.39, 0.29) is 16.2 Å². The third-order valence-electron chi connectivity index (χ3n) is 4.74. The fraction of sp³-hybridized carbons (Fsp3) is 0.650. The zero-order valence-corrected chi connectivity index (χ0v) is 18.0. The molecule has 0 radical (unpaired) electrons. The van der Waals surface area contributed by atoms with Crippen molar-refractivity contribution in [3.8, 4) is 0 Å². The molecular formula is C20H32N2O5S. The number of amides is 1. The van der Waals surface area contributed by atoms with Crippen molar-refractivity contribution >= 4 is 15.9 Å². The van der Waals surface area contributed by atoms with Crippen LogP contribution >= 0.6 is 0 Å². The van der Waals surface area contributed by atoms with Crippen molar-refractivity contribution in [2.24, 2.45) is 5.92 Å². The topological polar surface area (TPSA) is 105 Å². The van der Waals surface area contributed by atoms with Crippen LogP contribution in [0.2, 0.25) is 0 Å². The van der Waals surface area contributed by atoms with Gasteiger partial charge in [-0.1, -0.05) is 46.8 Å². The van der Waals surface area contributed by atoms with Gasteiger partial charge in [-0.05, 0) is 41.9 Å². The number of hydrogen-bond acceptors (Lipinski definition) is 5. The van der Waals surface area contributed by atoms with Gasteiger partial charge in [-0.15, -0.1) is 0 Å². The Morgan fingerprint density at radius 2 is 1.86 bits per heavy atom. The van der Waals surface area contributed by atoms with Crippen molar-refractivity contribution in [1.82, 2.24) is 10.0 Å². The van der Waals surface area contributed by atoms with E-state index in [0.29, 0.717) is 19.4 Å². The lowest BCUT2D eigenvalue weighted by atomic mass is 9.87. The molecule has 1 saturated heterocycles. The van der Waals surface area contributed by atoms with Crippen LogP contribution in [0.25, 0.3) is 0 Å². The first-order valence-electron chi connectivity index (χ1n) is 9.63. The van der Waals surface area contributed by atoms with Crippen LogP contribution in [0.15, 0.2) is 29.2 Å². The van der Waals surface area contributed by atoms with Crippen molar-refractivity contribution < 1.29 is 23.1 Å². The van der Waals surface area contributed by atoms with Gasteiger partial charge in [0.1, 0.15) is 6.04 Å². The predicted molar refractivity (Wildman–Crippen MR) is 107 cm³/mol. The molecule has 1 aromatic carbocycles. The molecule has 1 heterocycles. The van der Waals surface area contributed by atoms with Crippen LogP contribution in [0.3, 0.4) is 0 Å². The van der Waals surface area contributed by atoms with Crippen LogP contribution in [-0.4, -0.2) is 44.4 Å². The SMILES string of the molecule is CC(C)C[C@H](NS(=O)(=O)c1ccc(C(C)(C)C)cc1)C(=O)N[C@H]1CCOC1O. The summed E-state index contributed by atoms with van der Waals surface area (Å²) in [5, 5.41) is 12.4. The van der Waals surface area contributed by atoms with E-state index in [1.165, 1.54) is 0 Å². The van der Waals surface area contributed by atoms with E-state index in [0.717, 1.165) is 5.56 Å². The minimum atomic E-state index is -3.86. The van der Waals surface area contributed by atoms with Crippen LogP contribution < -0.4 is 10.0 Å². The molecule has 8 heteroatoms. The standard InChI is InChI=1S/C20H32N2O5S/c1-13(2)12-17(18(23)21-16-10-11-27-19(16)24)22-28(25,26)15-8-6-14(7-9-15)20(3,4)5/h6-9,13,16-17,19,22,24H,10-12H2,1-5H3,(H,21,23)/t16-,17-,19?/m0/s1. The summed E-state index contributed by atoms with van der Waals surface area (Å²) in [5.74, 6) is -0.357. The zero-order valence-electron chi connectivity index (χ0n) is 17.2. The van der Waals surface area contributed by atoms with Crippen LogP contribution in [0.1, 0.15) is 53.0 Å². The Morgan fingerprint density at radius 1 is 1.25 bits per heavy atom. The molecule has 1 aliphatic heterocycles. The number of nitrogens with one attached hydrogen (secondary N) is 2. The van der Waals surface area contributed by atoms with E-state index in [2.05, 4.69) is 30.8 Å². The lowest BCUT2D eigenvalue weighted by molar-refractivity contribution is -0.127. The van der Waals surface area contributed by atoms with Crippen LogP contribution in [0.4, 0.5) is 0 Å². The summed E-state index contributed by atoms with van der Waals surface area (Å²) in [6.45, 7) is 10.4. The molecule has 158 valence electrons. The third-order valence-corrected chi connectivity index (χ3v) is 6.23. The van der Waals surface area contributed by atoms with Crippen LogP contribution in [-0.2, 0) is 25.0 Å².